The lowest BCUT2D eigenvalue weighted by Gasteiger charge is -2.33. The highest BCUT2D eigenvalue weighted by atomic mass is 16.5. The van der Waals surface area contributed by atoms with Crippen molar-refractivity contribution in [2.45, 2.75) is 40.2 Å². The van der Waals surface area contributed by atoms with Crippen molar-refractivity contribution in [1.82, 2.24) is 19.9 Å². The highest BCUT2D eigenvalue weighted by Gasteiger charge is 2.21. The summed E-state index contributed by atoms with van der Waals surface area (Å²) in [6.45, 7) is 11.0. The lowest BCUT2D eigenvalue weighted by atomic mass is 10.1. The monoisotopic (exact) mass is 385 g/mol. The van der Waals surface area contributed by atoms with Crippen molar-refractivity contribution in [3.8, 4) is 0 Å². The Bertz CT molecular complexity index is 766. The van der Waals surface area contributed by atoms with E-state index in [2.05, 4.69) is 52.1 Å². The van der Waals surface area contributed by atoms with E-state index in [1.807, 2.05) is 18.2 Å². The number of rotatable bonds is 8. The number of hydrogen-bond acceptors (Lipinski definition) is 6. The molecule has 1 fully saturated rings. The van der Waals surface area contributed by atoms with Crippen LogP contribution in [0.1, 0.15) is 38.0 Å². The zero-order valence-electron chi connectivity index (χ0n) is 17.1. The minimum absolute atomic E-state index is 0.0471. The predicted octanol–water partition coefficient (Wildman–Crippen LogP) is 2.59. The standard InChI is InChI=1S/C21H31N5O2/c1-4-17-7-5-6-8-18(17)22-20(27)15-26-11-9-25(10-12-26)14-19-23-21(28-24-19)13-16(2)3/h5-8,16H,4,9-15H2,1-3H3,(H,22,27). The number of piperazine rings is 1. The molecule has 28 heavy (non-hydrogen) atoms. The summed E-state index contributed by atoms with van der Waals surface area (Å²) in [4.78, 5) is 21.4. The molecule has 2 aromatic rings. The van der Waals surface area contributed by atoms with Crippen molar-refractivity contribution >= 4 is 11.6 Å². The van der Waals surface area contributed by atoms with Crippen LogP contribution in [0.25, 0.3) is 0 Å². The van der Waals surface area contributed by atoms with Crippen LogP contribution in [0, 0.1) is 5.92 Å². The number of carbonyl (C=O) groups excluding carboxylic acids is 1. The first-order chi connectivity index (χ1) is 13.5. The van der Waals surface area contributed by atoms with Gasteiger partial charge in [-0.15, -0.1) is 0 Å². The van der Waals surface area contributed by atoms with E-state index < -0.39 is 0 Å². The third-order valence-electron chi connectivity index (χ3n) is 4.96. The average Bonchev–Trinajstić information content (AvgIpc) is 3.10. The van der Waals surface area contributed by atoms with Gasteiger partial charge in [0.2, 0.25) is 11.8 Å². The van der Waals surface area contributed by atoms with Gasteiger partial charge in [0.1, 0.15) is 0 Å². The Morgan fingerprint density at radius 1 is 1.18 bits per heavy atom. The van der Waals surface area contributed by atoms with Crippen LogP contribution in [0.4, 0.5) is 5.69 Å². The second kappa shape index (κ2) is 9.80. The van der Waals surface area contributed by atoms with Gasteiger partial charge < -0.3 is 9.84 Å². The zero-order chi connectivity index (χ0) is 19.9. The van der Waals surface area contributed by atoms with Crippen LogP contribution in [-0.2, 0) is 24.2 Å². The van der Waals surface area contributed by atoms with Gasteiger partial charge in [0.15, 0.2) is 5.82 Å². The van der Waals surface area contributed by atoms with E-state index in [-0.39, 0.29) is 5.91 Å². The molecule has 152 valence electrons. The number of nitrogens with zero attached hydrogens (tertiary/aromatic N) is 4. The number of para-hydroxylation sites is 1. The zero-order valence-corrected chi connectivity index (χ0v) is 17.1. The first-order valence-electron chi connectivity index (χ1n) is 10.2. The molecule has 7 nitrogen and oxygen atoms in total. The van der Waals surface area contributed by atoms with Crippen LogP contribution < -0.4 is 5.32 Å². The molecule has 1 aromatic carbocycles. The molecule has 0 saturated carbocycles. The highest BCUT2D eigenvalue weighted by molar-refractivity contribution is 5.93. The summed E-state index contributed by atoms with van der Waals surface area (Å²) in [5.41, 5.74) is 2.08. The molecule has 0 radical (unpaired) electrons. The molecule has 1 N–H and O–H groups in total. The van der Waals surface area contributed by atoms with Gasteiger partial charge in [-0.1, -0.05) is 44.1 Å². The van der Waals surface area contributed by atoms with Gasteiger partial charge in [-0.05, 0) is 24.0 Å². The number of aryl methyl sites for hydroxylation is 1. The minimum Gasteiger partial charge on any atom is -0.339 e. The quantitative estimate of drug-likeness (QED) is 0.753. The number of hydrogen-bond donors (Lipinski definition) is 1. The molecule has 0 aliphatic carbocycles. The first-order valence-corrected chi connectivity index (χ1v) is 10.2. The fraction of sp³-hybridized carbons (Fsp3) is 0.571. The number of aromatic nitrogens is 2. The molecule has 7 heteroatoms. The van der Waals surface area contributed by atoms with Gasteiger partial charge >= 0.3 is 0 Å². The lowest BCUT2D eigenvalue weighted by molar-refractivity contribution is -0.117. The Morgan fingerprint density at radius 2 is 1.89 bits per heavy atom. The van der Waals surface area contributed by atoms with E-state index in [4.69, 9.17) is 4.52 Å². The molecule has 1 aromatic heterocycles. The van der Waals surface area contributed by atoms with Crippen LogP contribution in [0.15, 0.2) is 28.8 Å². The first kappa shape index (κ1) is 20.5. The lowest BCUT2D eigenvalue weighted by Crippen LogP contribution is -2.48. The highest BCUT2D eigenvalue weighted by Crippen LogP contribution is 2.15. The van der Waals surface area contributed by atoms with E-state index in [1.165, 1.54) is 0 Å². The Hall–Kier alpha value is -2.25. The predicted molar refractivity (Wildman–Crippen MR) is 109 cm³/mol. The average molecular weight is 386 g/mol. The minimum atomic E-state index is 0.0471. The van der Waals surface area contributed by atoms with Crippen molar-refractivity contribution in [2.24, 2.45) is 5.92 Å². The van der Waals surface area contributed by atoms with Gasteiger partial charge in [-0.3, -0.25) is 14.6 Å². The van der Waals surface area contributed by atoms with Crippen LogP contribution >= 0.6 is 0 Å². The van der Waals surface area contributed by atoms with Gasteiger partial charge in [-0.2, -0.15) is 4.98 Å². The van der Waals surface area contributed by atoms with E-state index in [0.29, 0.717) is 24.9 Å². The summed E-state index contributed by atoms with van der Waals surface area (Å²) in [7, 11) is 0. The van der Waals surface area contributed by atoms with Gasteiger partial charge in [0, 0.05) is 38.3 Å². The smallest absolute Gasteiger partial charge is 0.238 e. The summed E-state index contributed by atoms with van der Waals surface area (Å²) < 4.78 is 5.32. The maximum atomic E-state index is 12.4. The normalized spacial score (nSPS) is 15.9. The summed E-state index contributed by atoms with van der Waals surface area (Å²) >= 11 is 0. The van der Waals surface area contributed by atoms with Crippen molar-refractivity contribution in [3.05, 3.63) is 41.5 Å². The fourth-order valence-corrected chi connectivity index (χ4v) is 3.44. The van der Waals surface area contributed by atoms with Crippen molar-refractivity contribution in [3.63, 3.8) is 0 Å². The van der Waals surface area contributed by atoms with Crippen LogP contribution in [-0.4, -0.2) is 58.6 Å². The number of carbonyl (C=O) groups is 1. The van der Waals surface area contributed by atoms with Gasteiger partial charge in [0.05, 0.1) is 13.1 Å². The maximum absolute atomic E-state index is 12.4. The topological polar surface area (TPSA) is 74.5 Å². The molecule has 1 amide bonds. The van der Waals surface area contributed by atoms with E-state index >= 15 is 0 Å². The molecule has 2 heterocycles. The number of amides is 1. The number of anilines is 1. The molecule has 1 aliphatic rings. The largest absolute Gasteiger partial charge is 0.339 e. The molecule has 0 unspecified atom stereocenters. The van der Waals surface area contributed by atoms with Crippen LogP contribution in [0.5, 0.6) is 0 Å². The maximum Gasteiger partial charge on any atom is 0.238 e. The SMILES string of the molecule is CCc1ccccc1NC(=O)CN1CCN(Cc2noc(CC(C)C)n2)CC1. The second-order valence-electron chi connectivity index (χ2n) is 7.81. The van der Waals surface area contributed by atoms with Crippen molar-refractivity contribution < 1.29 is 9.32 Å². The van der Waals surface area contributed by atoms with E-state index in [1.54, 1.807) is 0 Å². The Labute approximate surface area is 167 Å². The second-order valence-corrected chi connectivity index (χ2v) is 7.81. The van der Waals surface area contributed by atoms with E-state index in [9.17, 15) is 4.79 Å². The number of benzene rings is 1. The van der Waals surface area contributed by atoms with Crippen LogP contribution in [0.2, 0.25) is 0 Å². The summed E-state index contributed by atoms with van der Waals surface area (Å²) in [5, 5.41) is 7.14. The fourth-order valence-electron chi connectivity index (χ4n) is 3.44. The molecule has 1 aliphatic heterocycles. The van der Waals surface area contributed by atoms with E-state index in [0.717, 1.165) is 56.1 Å². The third kappa shape index (κ3) is 5.87. The Kier molecular flexibility index (Phi) is 7.17. The molecule has 0 atom stereocenters. The summed E-state index contributed by atoms with van der Waals surface area (Å²) in [6.07, 6.45) is 1.72. The molecule has 1 saturated heterocycles. The van der Waals surface area contributed by atoms with Gasteiger partial charge in [-0.25, -0.2) is 0 Å². The molecular weight excluding hydrogens is 354 g/mol. The molecule has 0 bridgehead atoms. The van der Waals surface area contributed by atoms with Crippen molar-refractivity contribution in [2.75, 3.05) is 38.0 Å². The van der Waals surface area contributed by atoms with Crippen LogP contribution in [0.3, 0.4) is 0 Å². The Morgan fingerprint density at radius 3 is 2.61 bits per heavy atom. The summed E-state index contributed by atoms with van der Waals surface area (Å²) in [6, 6.07) is 7.98. The summed E-state index contributed by atoms with van der Waals surface area (Å²) in [5.74, 6) is 2.02. The van der Waals surface area contributed by atoms with Crippen molar-refractivity contribution in [1.29, 1.82) is 0 Å². The third-order valence-corrected chi connectivity index (χ3v) is 4.96. The Balaban J connectivity index is 1.42. The number of nitrogens with one attached hydrogen (secondary N) is 1. The van der Waals surface area contributed by atoms with Gasteiger partial charge in [0.25, 0.3) is 0 Å². The molecule has 3 rings (SSSR count). The molecular formula is C21H31N5O2. The molecule has 0 spiro atoms.